The molecule has 0 aromatic heterocycles. The Morgan fingerprint density at radius 3 is 2.72 bits per heavy atom. The molecule has 0 aliphatic carbocycles. The van der Waals surface area contributed by atoms with Gasteiger partial charge in [0.05, 0.1) is 19.9 Å². The second-order valence-corrected chi connectivity index (χ2v) is 4.70. The molecule has 1 aromatic rings. The minimum absolute atomic E-state index is 0.00407. The van der Waals surface area contributed by atoms with Crippen molar-refractivity contribution in [2.75, 3.05) is 31.5 Å². The molecular weight excluding hydrogens is 250 g/mol. The Hall–Kier alpha value is -1.36. The molecule has 0 spiro atoms. The lowest BCUT2D eigenvalue weighted by Gasteiger charge is -2.11. The number of methoxy groups -OCH3 is 2. The third-order valence-electron chi connectivity index (χ3n) is 2.43. The minimum atomic E-state index is -0.00407. The highest BCUT2D eigenvalue weighted by Gasteiger charge is 2.08. The fourth-order valence-electron chi connectivity index (χ4n) is 1.50. The van der Waals surface area contributed by atoms with Crippen LogP contribution in [-0.2, 0) is 4.79 Å². The van der Waals surface area contributed by atoms with Crippen LogP contribution in [0.2, 0.25) is 0 Å². The molecule has 0 aliphatic heterocycles. The van der Waals surface area contributed by atoms with Crippen molar-refractivity contribution < 1.29 is 14.3 Å². The normalized spacial score (nSPS) is 9.94. The van der Waals surface area contributed by atoms with Crippen molar-refractivity contribution >= 4 is 23.4 Å². The van der Waals surface area contributed by atoms with Crippen LogP contribution in [0.5, 0.6) is 11.5 Å². The Balaban J connectivity index is 2.66. The highest BCUT2D eigenvalue weighted by Crippen LogP contribution is 2.28. The van der Waals surface area contributed by atoms with Gasteiger partial charge in [-0.3, -0.25) is 4.79 Å². The molecule has 1 N–H and O–H groups in total. The average Bonchev–Trinajstić information content (AvgIpc) is 2.39. The van der Waals surface area contributed by atoms with Gasteiger partial charge in [0.1, 0.15) is 11.5 Å². The number of thioether (sulfide) groups is 1. The molecule has 4 nitrogen and oxygen atoms in total. The maximum absolute atomic E-state index is 11.7. The van der Waals surface area contributed by atoms with Crippen LogP contribution in [0.3, 0.4) is 0 Å². The van der Waals surface area contributed by atoms with Gasteiger partial charge in [-0.1, -0.05) is 0 Å². The first kappa shape index (κ1) is 14.7. The summed E-state index contributed by atoms with van der Waals surface area (Å²) in [6.07, 6.45) is 3.42. The summed E-state index contributed by atoms with van der Waals surface area (Å²) in [6.45, 7) is 0. The van der Waals surface area contributed by atoms with Crippen LogP contribution in [0.15, 0.2) is 18.2 Å². The van der Waals surface area contributed by atoms with Gasteiger partial charge in [0.15, 0.2) is 0 Å². The van der Waals surface area contributed by atoms with Crippen LogP contribution in [0.4, 0.5) is 5.69 Å². The second kappa shape index (κ2) is 7.87. The lowest BCUT2D eigenvalue weighted by atomic mass is 10.2. The van der Waals surface area contributed by atoms with Crippen LogP contribution < -0.4 is 14.8 Å². The van der Waals surface area contributed by atoms with E-state index in [-0.39, 0.29) is 5.91 Å². The largest absolute Gasteiger partial charge is 0.497 e. The second-order valence-electron chi connectivity index (χ2n) is 3.71. The number of carbonyl (C=O) groups is 1. The van der Waals surface area contributed by atoms with Crippen molar-refractivity contribution in [3.8, 4) is 11.5 Å². The Labute approximate surface area is 112 Å². The number of nitrogens with one attached hydrogen (secondary N) is 1. The molecule has 1 aromatic carbocycles. The molecule has 1 rings (SSSR count). The molecule has 0 saturated heterocycles. The molecular formula is C13H19NO3S. The fourth-order valence-corrected chi connectivity index (χ4v) is 1.93. The topological polar surface area (TPSA) is 47.6 Å². The van der Waals surface area contributed by atoms with Crippen LogP contribution in [0.1, 0.15) is 12.8 Å². The zero-order chi connectivity index (χ0) is 13.4. The number of carbonyl (C=O) groups excluding carboxylic acids is 1. The quantitative estimate of drug-likeness (QED) is 0.773. The standard InChI is InChI=1S/C13H19NO3S/c1-16-10-6-7-12(17-2)11(9-10)14-13(15)5-4-8-18-3/h6-7,9H,4-5,8H2,1-3H3,(H,14,15). The van der Waals surface area contributed by atoms with E-state index in [1.54, 1.807) is 44.2 Å². The third-order valence-corrected chi connectivity index (χ3v) is 3.13. The predicted octanol–water partition coefficient (Wildman–Crippen LogP) is 2.79. The van der Waals surface area contributed by atoms with E-state index >= 15 is 0 Å². The van der Waals surface area contributed by atoms with Crippen molar-refractivity contribution in [3.63, 3.8) is 0 Å². The first-order valence-electron chi connectivity index (χ1n) is 5.72. The van der Waals surface area contributed by atoms with Gasteiger partial charge in [-0.15, -0.1) is 0 Å². The highest BCUT2D eigenvalue weighted by atomic mass is 32.2. The van der Waals surface area contributed by atoms with E-state index in [4.69, 9.17) is 9.47 Å². The number of amides is 1. The smallest absolute Gasteiger partial charge is 0.224 e. The predicted molar refractivity (Wildman–Crippen MR) is 75.8 cm³/mol. The van der Waals surface area contributed by atoms with Crippen molar-refractivity contribution in [2.24, 2.45) is 0 Å². The number of anilines is 1. The maximum Gasteiger partial charge on any atom is 0.224 e. The van der Waals surface area contributed by atoms with Crippen molar-refractivity contribution in [2.45, 2.75) is 12.8 Å². The lowest BCUT2D eigenvalue weighted by Crippen LogP contribution is -2.12. The summed E-state index contributed by atoms with van der Waals surface area (Å²) in [5, 5.41) is 2.84. The molecule has 0 unspecified atom stereocenters. The van der Waals surface area contributed by atoms with E-state index in [1.807, 2.05) is 6.26 Å². The van der Waals surface area contributed by atoms with E-state index in [1.165, 1.54) is 0 Å². The summed E-state index contributed by atoms with van der Waals surface area (Å²) in [5.41, 5.74) is 0.644. The molecule has 0 heterocycles. The van der Waals surface area contributed by atoms with E-state index in [2.05, 4.69) is 5.32 Å². The summed E-state index contributed by atoms with van der Waals surface area (Å²) in [5.74, 6) is 2.31. The maximum atomic E-state index is 11.7. The van der Waals surface area contributed by atoms with Gasteiger partial charge in [0, 0.05) is 12.5 Å². The first-order valence-corrected chi connectivity index (χ1v) is 7.11. The molecule has 0 bridgehead atoms. The van der Waals surface area contributed by atoms with Crippen LogP contribution >= 0.6 is 11.8 Å². The van der Waals surface area contributed by atoms with E-state index in [9.17, 15) is 4.79 Å². The van der Waals surface area contributed by atoms with Gasteiger partial charge in [-0.05, 0) is 30.6 Å². The molecule has 0 saturated carbocycles. The Kier molecular flexibility index (Phi) is 6.43. The number of ether oxygens (including phenoxy) is 2. The summed E-state index contributed by atoms with van der Waals surface area (Å²) in [6, 6.07) is 5.32. The van der Waals surface area contributed by atoms with Gasteiger partial charge in [-0.25, -0.2) is 0 Å². The van der Waals surface area contributed by atoms with Crippen molar-refractivity contribution in [1.82, 2.24) is 0 Å². The Morgan fingerprint density at radius 2 is 2.11 bits per heavy atom. The van der Waals surface area contributed by atoms with E-state index in [0.717, 1.165) is 12.2 Å². The van der Waals surface area contributed by atoms with Crippen LogP contribution in [0, 0.1) is 0 Å². The monoisotopic (exact) mass is 269 g/mol. The Bertz CT molecular complexity index is 396. The molecule has 100 valence electrons. The van der Waals surface area contributed by atoms with Crippen LogP contribution in [-0.4, -0.2) is 32.1 Å². The molecule has 0 atom stereocenters. The molecule has 0 fully saturated rings. The molecule has 1 amide bonds. The number of hydrogen-bond acceptors (Lipinski definition) is 4. The number of rotatable bonds is 7. The van der Waals surface area contributed by atoms with Gasteiger partial charge in [0.2, 0.25) is 5.91 Å². The molecule has 18 heavy (non-hydrogen) atoms. The summed E-state index contributed by atoms with van der Waals surface area (Å²) in [7, 11) is 3.16. The van der Waals surface area contributed by atoms with Gasteiger partial charge in [-0.2, -0.15) is 11.8 Å². The summed E-state index contributed by atoms with van der Waals surface area (Å²) < 4.78 is 10.3. The van der Waals surface area contributed by atoms with E-state index < -0.39 is 0 Å². The SMILES string of the molecule is COc1ccc(OC)c(NC(=O)CCCSC)c1. The number of benzene rings is 1. The minimum Gasteiger partial charge on any atom is -0.497 e. The van der Waals surface area contributed by atoms with Crippen molar-refractivity contribution in [3.05, 3.63) is 18.2 Å². The van der Waals surface area contributed by atoms with Gasteiger partial charge in [0.25, 0.3) is 0 Å². The lowest BCUT2D eigenvalue weighted by molar-refractivity contribution is -0.116. The van der Waals surface area contributed by atoms with Gasteiger partial charge < -0.3 is 14.8 Å². The zero-order valence-electron chi connectivity index (χ0n) is 11.0. The first-order chi connectivity index (χ1) is 8.71. The van der Waals surface area contributed by atoms with Crippen LogP contribution in [0.25, 0.3) is 0 Å². The molecule has 0 radical (unpaired) electrons. The highest BCUT2D eigenvalue weighted by molar-refractivity contribution is 7.98. The van der Waals surface area contributed by atoms with Gasteiger partial charge >= 0.3 is 0 Å². The number of hydrogen-bond donors (Lipinski definition) is 1. The Morgan fingerprint density at radius 1 is 1.33 bits per heavy atom. The van der Waals surface area contributed by atoms with E-state index in [0.29, 0.717) is 23.6 Å². The zero-order valence-corrected chi connectivity index (χ0v) is 11.8. The fraction of sp³-hybridized carbons (Fsp3) is 0.462. The summed E-state index contributed by atoms with van der Waals surface area (Å²) in [4.78, 5) is 11.7. The molecule has 5 heteroatoms. The molecule has 0 aliphatic rings. The van der Waals surface area contributed by atoms with Crippen molar-refractivity contribution in [1.29, 1.82) is 0 Å². The third kappa shape index (κ3) is 4.49. The average molecular weight is 269 g/mol. The summed E-state index contributed by atoms with van der Waals surface area (Å²) >= 11 is 1.74.